The maximum atomic E-state index is 11.6. The van der Waals surface area contributed by atoms with E-state index in [1.165, 1.54) is 6.20 Å². The minimum Gasteiger partial charge on any atom is -0.462 e. The number of rotatable bonds is 4. The molecule has 1 aromatic carbocycles. The second-order valence-corrected chi connectivity index (χ2v) is 4.00. The molecule has 0 aliphatic heterocycles. The predicted octanol–water partition coefficient (Wildman–Crippen LogP) is 2.87. The van der Waals surface area contributed by atoms with E-state index in [4.69, 9.17) is 10.00 Å². The lowest BCUT2D eigenvalue weighted by atomic mass is 10.2. The van der Waals surface area contributed by atoms with Gasteiger partial charge in [-0.15, -0.1) is 0 Å². The molecule has 0 amide bonds. The van der Waals surface area contributed by atoms with E-state index in [-0.39, 0.29) is 0 Å². The first-order valence-electron chi connectivity index (χ1n) is 6.12. The third-order valence-electron chi connectivity index (χ3n) is 2.53. The van der Waals surface area contributed by atoms with Crippen LogP contribution in [0.4, 0.5) is 11.4 Å². The number of anilines is 2. The number of nitrogens with zero attached hydrogens (tertiary/aromatic N) is 2. The van der Waals surface area contributed by atoms with Gasteiger partial charge >= 0.3 is 5.97 Å². The number of nitrogens with one attached hydrogen (secondary N) is 1. The van der Waals surface area contributed by atoms with Gasteiger partial charge in [0.25, 0.3) is 0 Å². The van der Waals surface area contributed by atoms with Crippen LogP contribution >= 0.6 is 0 Å². The van der Waals surface area contributed by atoms with Crippen LogP contribution in [0.3, 0.4) is 0 Å². The van der Waals surface area contributed by atoms with Gasteiger partial charge in [-0.25, -0.2) is 4.79 Å². The molecule has 0 aliphatic carbocycles. The van der Waals surface area contributed by atoms with Crippen molar-refractivity contribution < 1.29 is 9.53 Å². The first kappa shape index (κ1) is 13.6. The molecule has 0 unspecified atom stereocenters. The maximum absolute atomic E-state index is 11.6. The molecule has 5 heteroatoms. The zero-order chi connectivity index (χ0) is 14.4. The molecule has 2 rings (SSSR count). The number of ether oxygens (including phenoxy) is 1. The van der Waals surface area contributed by atoms with Crippen molar-refractivity contribution in [2.45, 2.75) is 6.92 Å². The van der Waals surface area contributed by atoms with Crippen LogP contribution in [0.1, 0.15) is 22.8 Å². The first-order chi connectivity index (χ1) is 9.72. The molecule has 0 spiro atoms. The molecule has 100 valence electrons. The molecule has 2 aromatic rings. The van der Waals surface area contributed by atoms with Gasteiger partial charge in [0.15, 0.2) is 0 Å². The maximum Gasteiger partial charge on any atom is 0.339 e. The van der Waals surface area contributed by atoms with Crippen molar-refractivity contribution in [1.82, 2.24) is 4.98 Å². The average molecular weight is 267 g/mol. The van der Waals surface area contributed by atoms with E-state index < -0.39 is 5.97 Å². The quantitative estimate of drug-likeness (QED) is 0.862. The van der Waals surface area contributed by atoms with Crippen LogP contribution in [0.2, 0.25) is 0 Å². The van der Waals surface area contributed by atoms with E-state index in [2.05, 4.69) is 16.4 Å². The second-order valence-electron chi connectivity index (χ2n) is 4.00. The Balaban J connectivity index is 2.19. The molecule has 0 saturated carbocycles. The molecule has 0 bridgehead atoms. The number of hydrogen-bond donors (Lipinski definition) is 1. The smallest absolute Gasteiger partial charge is 0.339 e. The summed E-state index contributed by atoms with van der Waals surface area (Å²) in [6.45, 7) is 2.07. The number of benzene rings is 1. The molecule has 1 aromatic heterocycles. The Morgan fingerprint density at radius 1 is 1.35 bits per heavy atom. The Morgan fingerprint density at radius 2 is 2.20 bits per heavy atom. The standard InChI is InChI=1S/C15H13N3O2/c1-2-20-15(19)12-7-14(10-17-9-12)18-13-5-3-4-11(6-13)8-16/h3-7,9-10,18H,2H2,1H3. The van der Waals surface area contributed by atoms with E-state index in [9.17, 15) is 4.79 Å². The Morgan fingerprint density at radius 3 is 2.95 bits per heavy atom. The summed E-state index contributed by atoms with van der Waals surface area (Å²) in [5.41, 5.74) is 2.36. The Bertz CT molecular complexity index is 662. The minimum absolute atomic E-state index is 0.320. The summed E-state index contributed by atoms with van der Waals surface area (Å²) in [6, 6.07) is 10.8. The summed E-state index contributed by atoms with van der Waals surface area (Å²) in [6.07, 6.45) is 3.05. The fourth-order valence-corrected chi connectivity index (χ4v) is 1.67. The van der Waals surface area contributed by atoms with Crippen molar-refractivity contribution >= 4 is 17.3 Å². The molecule has 0 atom stereocenters. The Kier molecular flexibility index (Phi) is 4.30. The topological polar surface area (TPSA) is 75.0 Å². The Labute approximate surface area is 116 Å². The molecular weight excluding hydrogens is 254 g/mol. The first-order valence-corrected chi connectivity index (χ1v) is 6.12. The molecule has 0 radical (unpaired) electrons. The van der Waals surface area contributed by atoms with Gasteiger partial charge in [0.1, 0.15) is 0 Å². The molecule has 1 N–H and O–H groups in total. The van der Waals surface area contributed by atoms with Crippen LogP contribution in [-0.4, -0.2) is 17.6 Å². The molecule has 0 fully saturated rings. The molecule has 1 heterocycles. The van der Waals surface area contributed by atoms with Gasteiger partial charge in [0, 0.05) is 11.9 Å². The number of aromatic nitrogens is 1. The number of hydrogen-bond acceptors (Lipinski definition) is 5. The van der Waals surface area contributed by atoms with E-state index >= 15 is 0 Å². The fourth-order valence-electron chi connectivity index (χ4n) is 1.67. The summed E-state index contributed by atoms with van der Waals surface area (Å²) in [5.74, 6) is -0.408. The highest BCUT2D eigenvalue weighted by Gasteiger charge is 2.07. The number of pyridine rings is 1. The van der Waals surface area contributed by atoms with Crippen molar-refractivity contribution in [3.63, 3.8) is 0 Å². The number of nitriles is 1. The lowest BCUT2D eigenvalue weighted by molar-refractivity contribution is 0.0526. The third-order valence-corrected chi connectivity index (χ3v) is 2.53. The summed E-state index contributed by atoms with van der Waals surface area (Å²) in [5, 5.41) is 11.9. The summed E-state index contributed by atoms with van der Waals surface area (Å²) >= 11 is 0. The van der Waals surface area contributed by atoms with Crippen molar-refractivity contribution in [3.05, 3.63) is 53.9 Å². The summed E-state index contributed by atoms with van der Waals surface area (Å²) < 4.78 is 4.92. The number of carbonyl (C=O) groups excluding carboxylic acids is 1. The van der Waals surface area contributed by atoms with Gasteiger partial charge in [-0.05, 0) is 31.2 Å². The van der Waals surface area contributed by atoms with Gasteiger partial charge in [0.05, 0.1) is 35.7 Å². The van der Waals surface area contributed by atoms with E-state index in [1.54, 1.807) is 37.4 Å². The van der Waals surface area contributed by atoms with Crippen molar-refractivity contribution in [3.8, 4) is 6.07 Å². The van der Waals surface area contributed by atoms with Crippen LogP contribution < -0.4 is 5.32 Å². The lowest BCUT2D eigenvalue weighted by Crippen LogP contribution is -2.05. The van der Waals surface area contributed by atoms with Crippen molar-refractivity contribution in [2.75, 3.05) is 11.9 Å². The molecule has 20 heavy (non-hydrogen) atoms. The van der Waals surface area contributed by atoms with Crippen LogP contribution in [0, 0.1) is 11.3 Å². The summed E-state index contributed by atoms with van der Waals surface area (Å²) in [4.78, 5) is 15.6. The SMILES string of the molecule is CCOC(=O)c1cncc(Nc2cccc(C#N)c2)c1. The normalized spacial score (nSPS) is 9.60. The van der Waals surface area contributed by atoms with Crippen molar-refractivity contribution in [1.29, 1.82) is 5.26 Å². The summed E-state index contributed by atoms with van der Waals surface area (Å²) in [7, 11) is 0. The van der Waals surface area contributed by atoms with Crippen LogP contribution in [0.5, 0.6) is 0 Å². The zero-order valence-electron chi connectivity index (χ0n) is 11.0. The van der Waals surface area contributed by atoms with Gasteiger partial charge in [-0.3, -0.25) is 4.98 Å². The average Bonchev–Trinajstić information content (AvgIpc) is 2.48. The fraction of sp³-hybridized carbons (Fsp3) is 0.133. The van der Waals surface area contributed by atoms with Gasteiger partial charge in [0.2, 0.25) is 0 Å². The Hall–Kier alpha value is -2.87. The largest absolute Gasteiger partial charge is 0.462 e. The number of esters is 1. The van der Waals surface area contributed by atoms with Crippen LogP contribution in [0.15, 0.2) is 42.7 Å². The zero-order valence-corrected chi connectivity index (χ0v) is 11.0. The minimum atomic E-state index is -0.408. The third kappa shape index (κ3) is 3.33. The van der Waals surface area contributed by atoms with Gasteiger partial charge < -0.3 is 10.1 Å². The van der Waals surface area contributed by atoms with Gasteiger partial charge in [-0.2, -0.15) is 5.26 Å². The van der Waals surface area contributed by atoms with Crippen LogP contribution in [0.25, 0.3) is 0 Å². The highest BCUT2D eigenvalue weighted by molar-refractivity contribution is 5.90. The van der Waals surface area contributed by atoms with Gasteiger partial charge in [-0.1, -0.05) is 6.07 Å². The molecule has 0 saturated heterocycles. The van der Waals surface area contributed by atoms with Crippen LogP contribution in [-0.2, 0) is 4.74 Å². The highest BCUT2D eigenvalue weighted by atomic mass is 16.5. The van der Waals surface area contributed by atoms with E-state index in [0.717, 1.165) is 5.69 Å². The predicted molar refractivity (Wildman–Crippen MR) is 74.6 cm³/mol. The number of carbonyl (C=O) groups is 1. The highest BCUT2D eigenvalue weighted by Crippen LogP contribution is 2.18. The van der Waals surface area contributed by atoms with E-state index in [0.29, 0.717) is 23.4 Å². The monoisotopic (exact) mass is 267 g/mol. The molecule has 5 nitrogen and oxygen atoms in total. The lowest BCUT2D eigenvalue weighted by Gasteiger charge is -2.07. The van der Waals surface area contributed by atoms with Crippen molar-refractivity contribution in [2.24, 2.45) is 0 Å². The second kappa shape index (κ2) is 6.34. The molecule has 0 aliphatic rings. The molecular formula is C15H13N3O2. The van der Waals surface area contributed by atoms with E-state index in [1.807, 2.05) is 6.07 Å².